The first-order chi connectivity index (χ1) is 7.77. The molecule has 0 radical (unpaired) electrons. The van der Waals surface area contributed by atoms with Crippen LogP contribution in [0, 0.1) is 0 Å². The molecule has 1 unspecified atom stereocenters. The predicted molar refractivity (Wildman–Crippen MR) is 63.0 cm³/mol. The summed E-state index contributed by atoms with van der Waals surface area (Å²) >= 11 is 0.873. The first kappa shape index (κ1) is 14.1. The Kier molecular flexibility index (Phi) is 4.23. The molecule has 0 fully saturated rings. The molecule has 0 saturated carbocycles. The Balaban J connectivity index is 3.20. The molecule has 0 aliphatic heterocycles. The molecular weight excluding hydrogens is 266 g/mol. The Morgan fingerprint density at radius 3 is 2.59 bits per heavy atom. The fourth-order valence-electron chi connectivity index (χ4n) is 1.13. The van der Waals surface area contributed by atoms with Crippen molar-refractivity contribution < 1.29 is 23.1 Å². The Hall–Kier alpha value is -0.990. The van der Waals surface area contributed by atoms with Crippen molar-refractivity contribution in [3.8, 4) is 0 Å². The van der Waals surface area contributed by atoms with Crippen LogP contribution in [0.3, 0.4) is 0 Å². The second-order valence-electron chi connectivity index (χ2n) is 3.54. The topological polar surface area (TPSA) is 93.6 Å². The van der Waals surface area contributed by atoms with Gasteiger partial charge in [-0.1, -0.05) is 0 Å². The Labute approximate surface area is 103 Å². The van der Waals surface area contributed by atoms with Gasteiger partial charge in [-0.3, -0.25) is 0 Å². The highest BCUT2D eigenvalue weighted by Crippen LogP contribution is 2.28. The lowest BCUT2D eigenvalue weighted by atomic mass is 10.4. The predicted octanol–water partition coefficient (Wildman–Crippen LogP) is 1.09. The van der Waals surface area contributed by atoms with Gasteiger partial charge >= 0.3 is 5.97 Å². The second-order valence-corrected chi connectivity index (χ2v) is 6.93. The molecular formula is C9H13NO5S2. The van der Waals surface area contributed by atoms with E-state index in [1.54, 1.807) is 0 Å². The van der Waals surface area contributed by atoms with Crippen molar-refractivity contribution in [2.24, 2.45) is 0 Å². The summed E-state index contributed by atoms with van der Waals surface area (Å²) in [6.45, 7) is 1.53. The van der Waals surface area contributed by atoms with Gasteiger partial charge < -0.3 is 9.84 Å². The van der Waals surface area contributed by atoms with Gasteiger partial charge in [0, 0.05) is 13.4 Å². The number of carboxylic acids is 1. The Morgan fingerprint density at radius 1 is 1.59 bits per heavy atom. The summed E-state index contributed by atoms with van der Waals surface area (Å²) in [5.41, 5.74) is 0.260. The molecule has 1 rings (SSSR count). The monoisotopic (exact) mass is 279 g/mol. The standard InChI is InChI=1S/C9H13NO5S2/c1-5(17(3,13)14)8-10-6(4-15-2)7(16-8)9(11)12/h5H,4H2,1-3H3,(H,11,12). The normalized spacial score (nSPS) is 13.6. The number of nitrogens with zero attached hydrogens (tertiary/aromatic N) is 1. The van der Waals surface area contributed by atoms with E-state index in [1.165, 1.54) is 14.0 Å². The number of thiazole rings is 1. The quantitative estimate of drug-likeness (QED) is 0.867. The van der Waals surface area contributed by atoms with Crippen LogP contribution < -0.4 is 0 Å². The molecule has 96 valence electrons. The van der Waals surface area contributed by atoms with Gasteiger partial charge in [-0.15, -0.1) is 11.3 Å². The van der Waals surface area contributed by atoms with Crippen molar-refractivity contribution in [2.75, 3.05) is 13.4 Å². The van der Waals surface area contributed by atoms with E-state index >= 15 is 0 Å². The van der Waals surface area contributed by atoms with Crippen LogP contribution >= 0.6 is 11.3 Å². The molecule has 1 aromatic rings. The van der Waals surface area contributed by atoms with Crippen LogP contribution in [0.5, 0.6) is 0 Å². The molecule has 6 nitrogen and oxygen atoms in total. The van der Waals surface area contributed by atoms with Crippen LogP contribution in [0.25, 0.3) is 0 Å². The van der Waals surface area contributed by atoms with E-state index in [0.717, 1.165) is 17.6 Å². The SMILES string of the molecule is COCc1nc(C(C)S(C)(=O)=O)sc1C(=O)O. The molecule has 0 aliphatic rings. The van der Waals surface area contributed by atoms with Gasteiger partial charge in [0.05, 0.1) is 12.3 Å². The molecule has 0 bridgehead atoms. The zero-order valence-electron chi connectivity index (χ0n) is 9.63. The molecule has 0 amide bonds. The third-order valence-electron chi connectivity index (χ3n) is 2.18. The van der Waals surface area contributed by atoms with Gasteiger partial charge in [-0.2, -0.15) is 0 Å². The number of rotatable bonds is 5. The minimum absolute atomic E-state index is 0.0253. The number of methoxy groups -OCH3 is 1. The van der Waals surface area contributed by atoms with Crippen molar-refractivity contribution in [3.63, 3.8) is 0 Å². The van der Waals surface area contributed by atoms with Crippen molar-refractivity contribution >= 4 is 27.1 Å². The third kappa shape index (κ3) is 3.24. The number of carboxylic acid groups (broad SMARTS) is 1. The fourth-order valence-corrected chi connectivity index (χ4v) is 3.06. The molecule has 1 N–H and O–H groups in total. The van der Waals surface area contributed by atoms with Gasteiger partial charge in [-0.25, -0.2) is 18.2 Å². The van der Waals surface area contributed by atoms with Crippen molar-refractivity contribution in [3.05, 3.63) is 15.6 Å². The lowest BCUT2D eigenvalue weighted by Crippen LogP contribution is -2.07. The molecule has 8 heteroatoms. The summed E-state index contributed by atoms with van der Waals surface area (Å²) in [5.74, 6) is -1.12. The Morgan fingerprint density at radius 2 is 2.18 bits per heavy atom. The number of aromatic carboxylic acids is 1. The lowest BCUT2D eigenvalue weighted by Gasteiger charge is -2.03. The highest BCUT2D eigenvalue weighted by atomic mass is 32.2. The third-order valence-corrected chi connectivity index (χ3v) is 5.10. The summed E-state index contributed by atoms with van der Waals surface area (Å²) in [6, 6.07) is 0. The van der Waals surface area contributed by atoms with E-state index in [1.807, 2.05) is 0 Å². The van der Waals surface area contributed by atoms with E-state index in [0.29, 0.717) is 0 Å². The molecule has 0 aliphatic carbocycles. The zero-order chi connectivity index (χ0) is 13.2. The maximum Gasteiger partial charge on any atom is 0.347 e. The molecule has 0 spiro atoms. The Bertz CT molecular complexity index is 519. The number of aromatic nitrogens is 1. The molecule has 17 heavy (non-hydrogen) atoms. The largest absolute Gasteiger partial charge is 0.477 e. The minimum Gasteiger partial charge on any atom is -0.477 e. The maximum atomic E-state index is 11.4. The van der Waals surface area contributed by atoms with E-state index in [4.69, 9.17) is 9.84 Å². The van der Waals surface area contributed by atoms with Crippen molar-refractivity contribution in [1.29, 1.82) is 0 Å². The molecule has 1 atom stereocenters. The van der Waals surface area contributed by atoms with Crippen molar-refractivity contribution in [1.82, 2.24) is 4.98 Å². The smallest absolute Gasteiger partial charge is 0.347 e. The van der Waals surface area contributed by atoms with E-state index in [9.17, 15) is 13.2 Å². The van der Waals surface area contributed by atoms with Crippen LogP contribution in [-0.2, 0) is 21.2 Å². The second kappa shape index (κ2) is 5.11. The number of hydrogen-bond acceptors (Lipinski definition) is 6. The first-order valence-corrected chi connectivity index (χ1v) is 7.45. The first-order valence-electron chi connectivity index (χ1n) is 4.68. The molecule has 0 aromatic carbocycles. The molecule has 1 heterocycles. The number of hydrogen-bond donors (Lipinski definition) is 1. The minimum atomic E-state index is -3.29. The average Bonchev–Trinajstić information content (AvgIpc) is 2.60. The number of carbonyl (C=O) groups is 1. The van der Waals surface area contributed by atoms with Gasteiger partial charge in [-0.05, 0) is 6.92 Å². The summed E-state index contributed by atoms with van der Waals surface area (Å²) in [5, 5.41) is 8.42. The average molecular weight is 279 g/mol. The van der Waals surface area contributed by atoms with Gasteiger partial charge in [0.15, 0.2) is 9.84 Å². The van der Waals surface area contributed by atoms with E-state index in [-0.39, 0.29) is 22.2 Å². The summed E-state index contributed by atoms with van der Waals surface area (Å²) < 4.78 is 27.6. The summed E-state index contributed by atoms with van der Waals surface area (Å²) in [4.78, 5) is 15.0. The highest BCUT2D eigenvalue weighted by molar-refractivity contribution is 7.91. The van der Waals surface area contributed by atoms with E-state index in [2.05, 4.69) is 4.98 Å². The fraction of sp³-hybridized carbons (Fsp3) is 0.556. The zero-order valence-corrected chi connectivity index (χ0v) is 11.3. The molecule has 1 aromatic heterocycles. The maximum absolute atomic E-state index is 11.4. The van der Waals surface area contributed by atoms with Gasteiger partial charge in [0.1, 0.15) is 15.1 Å². The van der Waals surface area contributed by atoms with Gasteiger partial charge in [0.2, 0.25) is 0 Å². The summed E-state index contributed by atoms with van der Waals surface area (Å²) in [7, 11) is -1.86. The summed E-state index contributed by atoms with van der Waals surface area (Å²) in [6.07, 6.45) is 1.09. The highest BCUT2D eigenvalue weighted by Gasteiger charge is 2.25. The van der Waals surface area contributed by atoms with Crippen LogP contribution in [0.1, 0.15) is 32.5 Å². The molecule has 0 saturated heterocycles. The number of sulfone groups is 1. The van der Waals surface area contributed by atoms with Crippen LogP contribution in [0.4, 0.5) is 0 Å². The van der Waals surface area contributed by atoms with E-state index < -0.39 is 21.1 Å². The van der Waals surface area contributed by atoms with Crippen LogP contribution in [0.15, 0.2) is 0 Å². The van der Waals surface area contributed by atoms with Gasteiger partial charge in [0.25, 0.3) is 0 Å². The van der Waals surface area contributed by atoms with Crippen molar-refractivity contribution in [2.45, 2.75) is 18.8 Å². The number of ether oxygens (including phenoxy) is 1. The van der Waals surface area contributed by atoms with Crippen LogP contribution in [0.2, 0.25) is 0 Å². The lowest BCUT2D eigenvalue weighted by molar-refractivity contribution is 0.0697. The van der Waals surface area contributed by atoms with Crippen LogP contribution in [-0.4, -0.2) is 37.8 Å².